The summed E-state index contributed by atoms with van der Waals surface area (Å²) in [6.45, 7) is 4.84. The van der Waals surface area contributed by atoms with Crippen LogP contribution in [0.1, 0.15) is 83.1 Å². The highest BCUT2D eigenvalue weighted by molar-refractivity contribution is 5.26. The van der Waals surface area contributed by atoms with Crippen molar-refractivity contribution in [3.63, 3.8) is 0 Å². The first-order chi connectivity index (χ1) is 12.4. The topological polar surface area (TPSA) is 53.6 Å². The highest BCUT2D eigenvalue weighted by Gasteiger charge is 2.67. The Balaban J connectivity index is 1.49. The van der Waals surface area contributed by atoms with Gasteiger partial charge in [-0.2, -0.15) is 0 Å². The Kier molecular flexibility index (Phi) is 3.73. The van der Waals surface area contributed by atoms with E-state index >= 15 is 0 Å². The fourth-order valence-corrected chi connectivity index (χ4v) is 8.21. The third-order valence-electron chi connectivity index (χ3n) is 9.77. The smallest absolute Gasteiger partial charge is 0.0937 e. The van der Waals surface area contributed by atoms with Crippen LogP contribution in [-0.4, -0.2) is 21.9 Å². The maximum atomic E-state index is 12.1. The molecule has 5 rings (SSSR count). The second kappa shape index (κ2) is 5.61. The van der Waals surface area contributed by atoms with E-state index in [0.717, 1.165) is 44.9 Å². The molecule has 4 fully saturated rings. The van der Waals surface area contributed by atoms with Gasteiger partial charge in [0, 0.05) is 5.41 Å². The van der Waals surface area contributed by atoms with Crippen LogP contribution in [0.15, 0.2) is 23.0 Å². The SMILES string of the molecule is C[C@]12CC[C@H](O)C[C@H]1CCC1C2CC[C@]2(C)[C@@H](c3ccoc3)CC[C@]12O. The Morgan fingerprint density at radius 3 is 2.62 bits per heavy atom. The van der Waals surface area contributed by atoms with Crippen molar-refractivity contribution in [1.82, 2.24) is 0 Å². The lowest BCUT2D eigenvalue weighted by atomic mass is 9.43. The zero-order chi connectivity index (χ0) is 18.2. The maximum absolute atomic E-state index is 12.1. The molecular formula is C23H34O3. The molecule has 1 heterocycles. The number of hydrogen-bond acceptors (Lipinski definition) is 3. The molecule has 1 aromatic rings. The monoisotopic (exact) mass is 358 g/mol. The minimum atomic E-state index is -0.540. The van der Waals surface area contributed by atoms with Crippen molar-refractivity contribution in [2.45, 2.75) is 89.3 Å². The zero-order valence-electron chi connectivity index (χ0n) is 16.3. The molecule has 144 valence electrons. The average molecular weight is 359 g/mol. The summed E-state index contributed by atoms with van der Waals surface area (Å²) < 4.78 is 5.38. The number of fused-ring (bicyclic) bond motifs is 5. The predicted molar refractivity (Wildman–Crippen MR) is 101 cm³/mol. The van der Waals surface area contributed by atoms with Gasteiger partial charge in [0.15, 0.2) is 0 Å². The van der Waals surface area contributed by atoms with E-state index in [9.17, 15) is 10.2 Å². The minimum Gasteiger partial charge on any atom is -0.472 e. The number of hydrogen-bond donors (Lipinski definition) is 2. The van der Waals surface area contributed by atoms with Crippen LogP contribution in [0.5, 0.6) is 0 Å². The summed E-state index contributed by atoms with van der Waals surface area (Å²) in [6.07, 6.45) is 13.3. The molecule has 0 amide bonds. The van der Waals surface area contributed by atoms with E-state index in [0.29, 0.717) is 29.1 Å². The molecule has 8 atom stereocenters. The highest BCUT2D eigenvalue weighted by atomic mass is 16.3. The largest absolute Gasteiger partial charge is 0.472 e. The first-order valence-electron chi connectivity index (χ1n) is 10.8. The summed E-state index contributed by atoms with van der Waals surface area (Å²) in [5.41, 5.74) is 1.02. The summed E-state index contributed by atoms with van der Waals surface area (Å²) in [4.78, 5) is 0. The Labute approximate surface area is 157 Å². The molecule has 0 spiro atoms. The van der Waals surface area contributed by atoms with Crippen molar-refractivity contribution in [3.05, 3.63) is 24.2 Å². The third kappa shape index (κ3) is 2.08. The first-order valence-corrected chi connectivity index (χ1v) is 10.8. The third-order valence-corrected chi connectivity index (χ3v) is 9.77. The lowest BCUT2D eigenvalue weighted by Crippen LogP contribution is -2.62. The fraction of sp³-hybridized carbons (Fsp3) is 0.826. The normalized spacial score (nSPS) is 53.6. The van der Waals surface area contributed by atoms with Gasteiger partial charge in [0.05, 0.1) is 24.2 Å². The van der Waals surface area contributed by atoms with Crippen LogP contribution in [0.3, 0.4) is 0 Å². The van der Waals surface area contributed by atoms with E-state index in [1.165, 1.54) is 18.4 Å². The van der Waals surface area contributed by atoms with Crippen LogP contribution in [0, 0.1) is 28.6 Å². The lowest BCUT2D eigenvalue weighted by Gasteiger charge is -2.63. The Bertz CT molecular complexity index is 669. The van der Waals surface area contributed by atoms with Gasteiger partial charge < -0.3 is 14.6 Å². The number of rotatable bonds is 1. The summed E-state index contributed by atoms with van der Waals surface area (Å²) >= 11 is 0. The van der Waals surface area contributed by atoms with Crippen molar-refractivity contribution < 1.29 is 14.6 Å². The van der Waals surface area contributed by atoms with Gasteiger partial charge in [0.25, 0.3) is 0 Å². The van der Waals surface area contributed by atoms with Gasteiger partial charge in [0.1, 0.15) is 0 Å². The van der Waals surface area contributed by atoms with E-state index in [1.807, 2.05) is 6.26 Å². The van der Waals surface area contributed by atoms with Crippen molar-refractivity contribution in [3.8, 4) is 0 Å². The molecule has 0 bridgehead atoms. The van der Waals surface area contributed by atoms with E-state index in [-0.39, 0.29) is 11.5 Å². The quantitative estimate of drug-likeness (QED) is 0.752. The molecule has 4 aliphatic rings. The highest BCUT2D eigenvalue weighted by Crippen LogP contribution is 2.70. The molecule has 1 aromatic heterocycles. The second-order valence-corrected chi connectivity index (χ2v) is 10.4. The van der Waals surface area contributed by atoms with Gasteiger partial charge in [-0.3, -0.25) is 0 Å². The van der Waals surface area contributed by atoms with Crippen molar-refractivity contribution >= 4 is 0 Å². The molecule has 0 aliphatic heterocycles. The molecule has 0 saturated heterocycles. The molecule has 2 N–H and O–H groups in total. The van der Waals surface area contributed by atoms with E-state index < -0.39 is 5.60 Å². The average Bonchev–Trinajstić information content (AvgIpc) is 3.21. The number of aliphatic hydroxyl groups excluding tert-OH is 1. The molecule has 0 radical (unpaired) electrons. The number of aliphatic hydroxyl groups is 2. The van der Waals surface area contributed by atoms with Gasteiger partial charge >= 0.3 is 0 Å². The van der Waals surface area contributed by atoms with E-state index in [4.69, 9.17) is 4.42 Å². The van der Waals surface area contributed by atoms with Crippen LogP contribution in [0.4, 0.5) is 0 Å². The van der Waals surface area contributed by atoms with Gasteiger partial charge in [-0.15, -0.1) is 0 Å². The molecular weight excluding hydrogens is 324 g/mol. The van der Waals surface area contributed by atoms with Crippen LogP contribution in [-0.2, 0) is 0 Å². The standard InChI is InChI=1S/C23H34O3/c1-21-9-5-17(24)13-16(21)3-4-20-19(21)6-10-22(2)18(7-11-23(20,22)25)15-8-12-26-14-15/h8,12,14,16-20,24-25H,3-7,9-11,13H2,1-2H3/t16-,17+,18-,19?,20?,21+,22-,23+/m1/s1. The Morgan fingerprint density at radius 1 is 1.00 bits per heavy atom. The molecule has 3 heteroatoms. The van der Waals surface area contributed by atoms with Gasteiger partial charge in [0.2, 0.25) is 0 Å². The molecule has 4 saturated carbocycles. The summed E-state index contributed by atoms with van der Waals surface area (Å²) in [5, 5.41) is 22.3. The van der Waals surface area contributed by atoms with Crippen molar-refractivity contribution in [2.75, 3.05) is 0 Å². The van der Waals surface area contributed by atoms with Gasteiger partial charge in [-0.1, -0.05) is 13.8 Å². The zero-order valence-corrected chi connectivity index (χ0v) is 16.3. The molecule has 26 heavy (non-hydrogen) atoms. The van der Waals surface area contributed by atoms with Crippen LogP contribution in [0.2, 0.25) is 0 Å². The molecule has 4 aliphatic carbocycles. The van der Waals surface area contributed by atoms with Crippen molar-refractivity contribution in [1.29, 1.82) is 0 Å². The molecule has 3 nitrogen and oxygen atoms in total. The van der Waals surface area contributed by atoms with Crippen LogP contribution >= 0.6 is 0 Å². The Morgan fingerprint density at radius 2 is 1.85 bits per heavy atom. The van der Waals surface area contributed by atoms with Gasteiger partial charge in [-0.25, -0.2) is 0 Å². The lowest BCUT2D eigenvalue weighted by molar-refractivity contribution is -0.205. The number of furan rings is 1. The second-order valence-electron chi connectivity index (χ2n) is 10.4. The summed E-state index contributed by atoms with van der Waals surface area (Å²) in [5.74, 6) is 2.11. The van der Waals surface area contributed by atoms with E-state index in [1.54, 1.807) is 6.26 Å². The summed E-state index contributed by atoms with van der Waals surface area (Å²) in [7, 11) is 0. The molecule has 2 unspecified atom stereocenters. The Hall–Kier alpha value is -0.800. The maximum Gasteiger partial charge on any atom is 0.0937 e. The first kappa shape index (κ1) is 17.3. The van der Waals surface area contributed by atoms with Crippen LogP contribution < -0.4 is 0 Å². The van der Waals surface area contributed by atoms with Crippen LogP contribution in [0.25, 0.3) is 0 Å². The minimum absolute atomic E-state index is 0.0323. The summed E-state index contributed by atoms with van der Waals surface area (Å²) in [6, 6.07) is 2.11. The predicted octanol–water partition coefficient (Wildman–Crippen LogP) is 4.88. The molecule has 0 aromatic carbocycles. The van der Waals surface area contributed by atoms with Gasteiger partial charge in [-0.05, 0) is 98.5 Å². The van der Waals surface area contributed by atoms with E-state index in [2.05, 4.69) is 19.9 Å². The fourth-order valence-electron chi connectivity index (χ4n) is 8.21. The van der Waals surface area contributed by atoms with Crippen molar-refractivity contribution in [2.24, 2.45) is 28.6 Å².